The molecule has 0 aliphatic carbocycles. The van der Waals surface area contributed by atoms with Gasteiger partial charge in [-0.1, -0.05) is 36.9 Å². The fourth-order valence-electron chi connectivity index (χ4n) is 1.01. The number of hydrogen-bond donors (Lipinski definition) is 0. The van der Waals surface area contributed by atoms with Crippen molar-refractivity contribution in [3.05, 3.63) is 49.1 Å². The zero-order valence-electron chi connectivity index (χ0n) is 7.92. The Morgan fingerprint density at radius 2 is 2.31 bits per heavy atom. The van der Waals surface area contributed by atoms with Gasteiger partial charge in [0.2, 0.25) is 0 Å². The molecule has 0 aliphatic rings. The minimum Gasteiger partial charge on any atom is -0.490 e. The van der Waals surface area contributed by atoms with Crippen molar-refractivity contribution in [2.24, 2.45) is 0 Å². The first-order chi connectivity index (χ1) is 6.24. The first-order valence-electron chi connectivity index (χ1n) is 4.23. The maximum atomic E-state index is 5.39. The van der Waals surface area contributed by atoms with E-state index in [1.807, 2.05) is 31.2 Å². The maximum Gasteiger partial charge on any atom is 0.120 e. The molecule has 0 aliphatic heterocycles. The van der Waals surface area contributed by atoms with Crippen molar-refractivity contribution in [2.45, 2.75) is 6.92 Å². The quantitative estimate of drug-likeness (QED) is 0.636. The van der Waals surface area contributed by atoms with Crippen molar-refractivity contribution in [3.8, 4) is 5.75 Å². The van der Waals surface area contributed by atoms with E-state index >= 15 is 0 Å². The zero-order valence-corrected chi connectivity index (χ0v) is 7.92. The van der Waals surface area contributed by atoms with Crippen molar-refractivity contribution >= 4 is 5.57 Å². The van der Waals surface area contributed by atoms with Gasteiger partial charge in [0.05, 0.1) is 0 Å². The van der Waals surface area contributed by atoms with Gasteiger partial charge in [-0.2, -0.15) is 0 Å². The Kier molecular flexibility index (Phi) is 3.32. The average molecular weight is 174 g/mol. The summed E-state index contributed by atoms with van der Waals surface area (Å²) in [5.74, 6) is 0.861. The van der Waals surface area contributed by atoms with Crippen LogP contribution in [0.25, 0.3) is 5.57 Å². The lowest BCUT2D eigenvalue weighted by molar-refractivity contribution is 0.363. The molecule has 1 aromatic carbocycles. The normalized spacial score (nSPS) is 9.31. The topological polar surface area (TPSA) is 9.23 Å². The van der Waals surface area contributed by atoms with Gasteiger partial charge in [-0.05, 0) is 24.6 Å². The van der Waals surface area contributed by atoms with Gasteiger partial charge in [0.25, 0.3) is 0 Å². The van der Waals surface area contributed by atoms with Gasteiger partial charge in [-0.25, -0.2) is 0 Å². The van der Waals surface area contributed by atoms with Crippen LogP contribution < -0.4 is 4.74 Å². The molecule has 0 bridgehead atoms. The molecule has 0 atom stereocenters. The van der Waals surface area contributed by atoms with Crippen LogP contribution in [-0.4, -0.2) is 6.61 Å². The summed E-state index contributed by atoms with van der Waals surface area (Å²) in [6.07, 6.45) is 1.73. The largest absolute Gasteiger partial charge is 0.490 e. The van der Waals surface area contributed by atoms with Crippen molar-refractivity contribution in [1.82, 2.24) is 0 Å². The lowest BCUT2D eigenvalue weighted by atomic mass is 10.1. The van der Waals surface area contributed by atoms with E-state index in [0.29, 0.717) is 6.61 Å². The summed E-state index contributed by atoms with van der Waals surface area (Å²) in [5, 5.41) is 0. The third-order valence-electron chi connectivity index (χ3n) is 1.69. The van der Waals surface area contributed by atoms with Crippen LogP contribution in [-0.2, 0) is 0 Å². The first kappa shape index (κ1) is 9.59. The van der Waals surface area contributed by atoms with Gasteiger partial charge in [0, 0.05) is 0 Å². The van der Waals surface area contributed by atoms with E-state index in [2.05, 4.69) is 13.2 Å². The number of ether oxygens (including phenoxy) is 1. The average Bonchev–Trinajstić information content (AvgIpc) is 2.15. The molecule has 0 fully saturated rings. The van der Waals surface area contributed by atoms with Crippen LogP contribution >= 0.6 is 0 Å². The highest BCUT2D eigenvalue weighted by molar-refractivity contribution is 5.62. The van der Waals surface area contributed by atoms with Crippen molar-refractivity contribution in [1.29, 1.82) is 0 Å². The summed E-state index contributed by atoms with van der Waals surface area (Å²) in [6, 6.07) is 7.88. The SMILES string of the molecule is C=CCOc1cccc(C(=C)C)c1. The smallest absolute Gasteiger partial charge is 0.120 e. The Balaban J connectivity index is 2.79. The fourth-order valence-corrected chi connectivity index (χ4v) is 1.01. The Morgan fingerprint density at radius 1 is 1.54 bits per heavy atom. The lowest BCUT2D eigenvalue weighted by Gasteiger charge is -2.05. The second kappa shape index (κ2) is 4.51. The minimum absolute atomic E-state index is 0.541. The van der Waals surface area contributed by atoms with E-state index in [4.69, 9.17) is 4.74 Å². The second-order valence-electron chi connectivity index (χ2n) is 2.91. The molecule has 0 radical (unpaired) electrons. The lowest BCUT2D eigenvalue weighted by Crippen LogP contribution is -1.92. The third-order valence-corrected chi connectivity index (χ3v) is 1.69. The van der Waals surface area contributed by atoms with Crippen LogP contribution in [0.2, 0.25) is 0 Å². The van der Waals surface area contributed by atoms with E-state index in [9.17, 15) is 0 Å². The number of allylic oxidation sites excluding steroid dienone is 1. The Hall–Kier alpha value is -1.50. The molecule has 1 rings (SSSR count). The highest BCUT2D eigenvalue weighted by atomic mass is 16.5. The Morgan fingerprint density at radius 3 is 2.92 bits per heavy atom. The molecule has 0 amide bonds. The summed E-state index contributed by atoms with van der Waals surface area (Å²) in [4.78, 5) is 0. The van der Waals surface area contributed by atoms with Crippen LogP contribution in [0.15, 0.2) is 43.5 Å². The predicted molar refractivity (Wildman–Crippen MR) is 56.8 cm³/mol. The molecular weight excluding hydrogens is 160 g/mol. The highest BCUT2D eigenvalue weighted by Gasteiger charge is 1.95. The van der Waals surface area contributed by atoms with E-state index < -0.39 is 0 Å². The first-order valence-corrected chi connectivity index (χ1v) is 4.23. The van der Waals surface area contributed by atoms with Crippen LogP contribution in [0, 0.1) is 0 Å². The molecular formula is C12H14O. The molecule has 1 nitrogen and oxygen atoms in total. The zero-order chi connectivity index (χ0) is 9.68. The second-order valence-corrected chi connectivity index (χ2v) is 2.91. The van der Waals surface area contributed by atoms with Crippen molar-refractivity contribution in [2.75, 3.05) is 6.61 Å². The number of hydrogen-bond acceptors (Lipinski definition) is 1. The van der Waals surface area contributed by atoms with Crippen LogP contribution in [0.5, 0.6) is 5.75 Å². The molecule has 0 saturated heterocycles. The number of benzene rings is 1. The fraction of sp³-hybridized carbons (Fsp3) is 0.167. The van der Waals surface area contributed by atoms with Gasteiger partial charge in [-0.3, -0.25) is 0 Å². The summed E-state index contributed by atoms with van der Waals surface area (Å²) in [7, 11) is 0. The number of rotatable bonds is 4. The molecule has 1 heteroatoms. The molecule has 0 aromatic heterocycles. The summed E-state index contributed by atoms with van der Waals surface area (Å²) in [5.41, 5.74) is 2.16. The van der Waals surface area contributed by atoms with Gasteiger partial charge in [0.15, 0.2) is 0 Å². The summed E-state index contributed by atoms with van der Waals surface area (Å²) < 4.78 is 5.39. The van der Waals surface area contributed by atoms with E-state index in [0.717, 1.165) is 16.9 Å². The molecule has 68 valence electrons. The standard InChI is InChI=1S/C12H14O/c1-4-8-13-12-7-5-6-11(9-12)10(2)3/h4-7,9H,1-2,8H2,3H3. The Labute approximate surface area is 79.4 Å². The van der Waals surface area contributed by atoms with E-state index in [-0.39, 0.29) is 0 Å². The van der Waals surface area contributed by atoms with Crippen LogP contribution in [0.3, 0.4) is 0 Å². The van der Waals surface area contributed by atoms with Gasteiger partial charge in [0.1, 0.15) is 12.4 Å². The molecule has 1 aromatic rings. The molecule has 0 unspecified atom stereocenters. The highest BCUT2D eigenvalue weighted by Crippen LogP contribution is 2.18. The summed E-state index contributed by atoms with van der Waals surface area (Å²) in [6.45, 7) is 9.98. The predicted octanol–water partition coefficient (Wildman–Crippen LogP) is 3.28. The van der Waals surface area contributed by atoms with Crippen LogP contribution in [0.1, 0.15) is 12.5 Å². The van der Waals surface area contributed by atoms with E-state index in [1.165, 1.54) is 0 Å². The molecule has 13 heavy (non-hydrogen) atoms. The van der Waals surface area contributed by atoms with Gasteiger partial charge < -0.3 is 4.74 Å². The molecule has 0 N–H and O–H groups in total. The molecule has 0 spiro atoms. The van der Waals surface area contributed by atoms with Crippen molar-refractivity contribution < 1.29 is 4.74 Å². The van der Waals surface area contributed by atoms with Gasteiger partial charge in [-0.15, -0.1) is 0 Å². The van der Waals surface area contributed by atoms with Crippen LogP contribution in [0.4, 0.5) is 0 Å². The minimum atomic E-state index is 0.541. The van der Waals surface area contributed by atoms with Gasteiger partial charge >= 0.3 is 0 Å². The van der Waals surface area contributed by atoms with Crippen molar-refractivity contribution in [3.63, 3.8) is 0 Å². The van der Waals surface area contributed by atoms with E-state index in [1.54, 1.807) is 6.08 Å². The monoisotopic (exact) mass is 174 g/mol. The molecule has 0 heterocycles. The Bertz CT molecular complexity index is 313. The summed E-state index contributed by atoms with van der Waals surface area (Å²) >= 11 is 0. The molecule has 0 saturated carbocycles. The third kappa shape index (κ3) is 2.79. The maximum absolute atomic E-state index is 5.39.